The molecule has 0 aromatic carbocycles. The Hall–Kier alpha value is -2.11. The maximum Gasteiger partial charge on any atom is 0.274 e. The third-order valence-electron chi connectivity index (χ3n) is 4.81. The maximum absolute atomic E-state index is 12.9. The number of carbonyl (C=O) groups excluding carboxylic acids is 1. The van der Waals surface area contributed by atoms with Gasteiger partial charge in [0, 0.05) is 24.0 Å². The minimum Gasteiger partial charge on any atom is -0.332 e. The van der Waals surface area contributed by atoms with Crippen LogP contribution in [0, 0.1) is 6.92 Å². The molecule has 1 N–H and O–H groups in total. The Morgan fingerprint density at radius 2 is 2.32 bits per heavy atom. The van der Waals surface area contributed by atoms with E-state index in [0.29, 0.717) is 5.69 Å². The molecule has 2 aliphatic rings. The number of carbonyl (C=O) groups is 1. The van der Waals surface area contributed by atoms with E-state index in [1.54, 1.807) is 0 Å². The molecule has 6 heteroatoms. The largest absolute Gasteiger partial charge is 0.332 e. The summed E-state index contributed by atoms with van der Waals surface area (Å²) in [4.78, 5) is 14.9. The van der Waals surface area contributed by atoms with Crippen molar-refractivity contribution < 1.29 is 4.79 Å². The highest BCUT2D eigenvalue weighted by Gasteiger charge is 2.33. The zero-order valence-electron chi connectivity index (χ0n) is 12.9. The van der Waals surface area contributed by atoms with E-state index < -0.39 is 0 Å². The molecular formula is C16H21N5O. The van der Waals surface area contributed by atoms with Gasteiger partial charge in [0.05, 0.1) is 18.8 Å². The number of aromatic amines is 1. The summed E-state index contributed by atoms with van der Waals surface area (Å²) in [5.41, 5.74) is 4.10. The Bertz CT molecular complexity index is 701. The van der Waals surface area contributed by atoms with E-state index >= 15 is 0 Å². The van der Waals surface area contributed by atoms with Gasteiger partial charge in [-0.05, 0) is 44.6 Å². The normalized spacial score (nSPS) is 20.6. The first-order valence-corrected chi connectivity index (χ1v) is 8.08. The SMILES string of the molecule is Cc1cnn(C[C@@H]2CCCN2C(=O)c2n[nH]c3c2CCC3)c1. The first-order valence-electron chi connectivity index (χ1n) is 8.08. The molecule has 0 saturated carbocycles. The van der Waals surface area contributed by atoms with Crippen molar-refractivity contribution in [3.05, 3.63) is 34.9 Å². The zero-order valence-corrected chi connectivity index (χ0v) is 12.9. The molecular weight excluding hydrogens is 278 g/mol. The summed E-state index contributed by atoms with van der Waals surface area (Å²) in [5.74, 6) is 0.0887. The molecule has 0 radical (unpaired) electrons. The standard InChI is InChI=1S/C16H21N5O/c1-11-8-17-20(9-11)10-12-4-3-7-21(12)16(22)15-13-5-2-6-14(13)18-19-15/h8-9,12H,2-7,10H2,1H3,(H,18,19)/t12-/m0/s1. The number of hydrogen-bond acceptors (Lipinski definition) is 3. The smallest absolute Gasteiger partial charge is 0.274 e. The van der Waals surface area contributed by atoms with Gasteiger partial charge in [0.25, 0.3) is 5.91 Å². The van der Waals surface area contributed by atoms with Gasteiger partial charge >= 0.3 is 0 Å². The molecule has 1 aliphatic heterocycles. The van der Waals surface area contributed by atoms with Crippen molar-refractivity contribution in [3.8, 4) is 0 Å². The molecule has 1 atom stereocenters. The second kappa shape index (κ2) is 5.26. The lowest BCUT2D eigenvalue weighted by Gasteiger charge is -2.24. The minimum atomic E-state index is 0.0887. The number of rotatable bonds is 3. The van der Waals surface area contributed by atoms with E-state index in [4.69, 9.17) is 0 Å². The molecule has 4 rings (SSSR count). The lowest BCUT2D eigenvalue weighted by Crippen LogP contribution is -2.38. The second-order valence-corrected chi connectivity index (χ2v) is 6.42. The van der Waals surface area contributed by atoms with Gasteiger partial charge in [-0.3, -0.25) is 14.6 Å². The van der Waals surface area contributed by atoms with Crippen LogP contribution in [0.1, 0.15) is 46.6 Å². The quantitative estimate of drug-likeness (QED) is 0.938. The minimum absolute atomic E-state index is 0.0887. The summed E-state index contributed by atoms with van der Waals surface area (Å²) < 4.78 is 1.95. The molecule has 1 aliphatic carbocycles. The Balaban J connectivity index is 1.54. The van der Waals surface area contributed by atoms with E-state index in [1.165, 1.54) is 0 Å². The summed E-state index contributed by atoms with van der Waals surface area (Å²) in [6.07, 6.45) is 9.12. The van der Waals surface area contributed by atoms with Gasteiger partial charge in [0.2, 0.25) is 0 Å². The molecule has 2 aromatic heterocycles. The molecule has 22 heavy (non-hydrogen) atoms. The summed E-state index contributed by atoms with van der Waals surface area (Å²) in [7, 11) is 0. The van der Waals surface area contributed by atoms with E-state index in [0.717, 1.165) is 62.0 Å². The molecule has 116 valence electrons. The molecule has 0 bridgehead atoms. The fourth-order valence-electron chi connectivity index (χ4n) is 3.71. The van der Waals surface area contributed by atoms with E-state index in [1.807, 2.05) is 28.9 Å². The van der Waals surface area contributed by atoms with Gasteiger partial charge in [0.1, 0.15) is 0 Å². The Morgan fingerprint density at radius 3 is 3.14 bits per heavy atom. The molecule has 2 aromatic rings. The van der Waals surface area contributed by atoms with Crippen molar-refractivity contribution in [2.75, 3.05) is 6.54 Å². The number of nitrogens with one attached hydrogen (secondary N) is 1. The van der Waals surface area contributed by atoms with Crippen LogP contribution in [-0.4, -0.2) is 43.4 Å². The molecule has 3 heterocycles. The predicted octanol–water partition coefficient (Wildman–Crippen LogP) is 1.71. The second-order valence-electron chi connectivity index (χ2n) is 6.42. The van der Waals surface area contributed by atoms with Crippen molar-refractivity contribution in [3.63, 3.8) is 0 Å². The monoisotopic (exact) mass is 299 g/mol. The van der Waals surface area contributed by atoms with Crippen LogP contribution in [-0.2, 0) is 19.4 Å². The average molecular weight is 299 g/mol. The van der Waals surface area contributed by atoms with Crippen LogP contribution >= 0.6 is 0 Å². The number of aromatic nitrogens is 4. The first-order chi connectivity index (χ1) is 10.7. The number of aryl methyl sites for hydroxylation is 2. The number of H-pyrrole nitrogens is 1. The molecule has 6 nitrogen and oxygen atoms in total. The zero-order chi connectivity index (χ0) is 15.1. The van der Waals surface area contributed by atoms with Crippen LogP contribution < -0.4 is 0 Å². The van der Waals surface area contributed by atoms with Gasteiger partial charge in [-0.1, -0.05) is 0 Å². The summed E-state index contributed by atoms with van der Waals surface area (Å²) in [5, 5.41) is 11.7. The lowest BCUT2D eigenvalue weighted by molar-refractivity contribution is 0.0714. The average Bonchev–Trinajstić information content (AvgIpc) is 3.22. The highest BCUT2D eigenvalue weighted by Crippen LogP contribution is 2.27. The third-order valence-corrected chi connectivity index (χ3v) is 4.81. The molecule has 1 fully saturated rings. The molecule has 0 spiro atoms. The highest BCUT2D eigenvalue weighted by atomic mass is 16.2. The Morgan fingerprint density at radius 1 is 1.41 bits per heavy atom. The first kappa shape index (κ1) is 13.5. The lowest BCUT2D eigenvalue weighted by atomic mass is 10.1. The molecule has 1 amide bonds. The number of hydrogen-bond donors (Lipinski definition) is 1. The predicted molar refractivity (Wildman–Crippen MR) is 81.6 cm³/mol. The van der Waals surface area contributed by atoms with Gasteiger partial charge in [-0.2, -0.15) is 10.2 Å². The van der Waals surface area contributed by atoms with Crippen molar-refractivity contribution >= 4 is 5.91 Å². The summed E-state index contributed by atoms with van der Waals surface area (Å²) >= 11 is 0. The van der Waals surface area contributed by atoms with Crippen LogP contribution in [0.3, 0.4) is 0 Å². The third kappa shape index (κ3) is 2.23. The van der Waals surface area contributed by atoms with Crippen LogP contribution in [0.2, 0.25) is 0 Å². The maximum atomic E-state index is 12.9. The van der Waals surface area contributed by atoms with Crippen molar-refractivity contribution in [2.24, 2.45) is 0 Å². The number of fused-ring (bicyclic) bond motifs is 1. The van der Waals surface area contributed by atoms with E-state index in [-0.39, 0.29) is 11.9 Å². The Kier molecular flexibility index (Phi) is 3.24. The van der Waals surface area contributed by atoms with Crippen molar-refractivity contribution in [1.29, 1.82) is 0 Å². The number of amides is 1. The van der Waals surface area contributed by atoms with Gasteiger partial charge in [0.15, 0.2) is 5.69 Å². The number of nitrogens with zero attached hydrogens (tertiary/aromatic N) is 4. The Labute approximate surface area is 129 Å². The van der Waals surface area contributed by atoms with Gasteiger partial charge in [-0.15, -0.1) is 0 Å². The van der Waals surface area contributed by atoms with E-state index in [2.05, 4.69) is 15.3 Å². The highest BCUT2D eigenvalue weighted by molar-refractivity contribution is 5.94. The molecule has 0 unspecified atom stereocenters. The van der Waals surface area contributed by atoms with Crippen molar-refractivity contribution in [2.45, 2.75) is 51.6 Å². The van der Waals surface area contributed by atoms with Crippen LogP contribution in [0.4, 0.5) is 0 Å². The van der Waals surface area contributed by atoms with Crippen molar-refractivity contribution in [1.82, 2.24) is 24.9 Å². The van der Waals surface area contributed by atoms with Gasteiger partial charge < -0.3 is 4.90 Å². The van der Waals surface area contributed by atoms with Crippen LogP contribution in [0.5, 0.6) is 0 Å². The summed E-state index contributed by atoms with van der Waals surface area (Å²) in [6, 6.07) is 0.223. The molecule has 1 saturated heterocycles. The van der Waals surface area contributed by atoms with E-state index in [9.17, 15) is 4.79 Å². The topological polar surface area (TPSA) is 66.8 Å². The van der Waals surface area contributed by atoms with Crippen LogP contribution in [0.25, 0.3) is 0 Å². The number of likely N-dealkylation sites (tertiary alicyclic amines) is 1. The fraction of sp³-hybridized carbons (Fsp3) is 0.562. The fourth-order valence-corrected chi connectivity index (χ4v) is 3.71. The van der Waals surface area contributed by atoms with Crippen LogP contribution in [0.15, 0.2) is 12.4 Å². The summed E-state index contributed by atoms with van der Waals surface area (Å²) in [6.45, 7) is 3.63. The van der Waals surface area contributed by atoms with Gasteiger partial charge in [-0.25, -0.2) is 0 Å².